The van der Waals surface area contributed by atoms with Crippen LogP contribution in [0.1, 0.15) is 0 Å². The fourth-order valence-corrected chi connectivity index (χ4v) is 0.428. The van der Waals surface area contributed by atoms with Crippen LogP contribution in [0.5, 0.6) is 5.75 Å². The number of nitrogens with two attached hydrogens (primary N) is 4. The fourth-order valence-electron chi connectivity index (χ4n) is 0.428. The zero-order valence-corrected chi connectivity index (χ0v) is 9.08. The Balaban J connectivity index is -0.000000172. The lowest BCUT2D eigenvalue weighted by molar-refractivity contribution is -0.0980. The summed E-state index contributed by atoms with van der Waals surface area (Å²) in [6.45, 7) is 2.00. The van der Waals surface area contributed by atoms with Gasteiger partial charge in [0.2, 0.25) is 0 Å². The van der Waals surface area contributed by atoms with Crippen LogP contribution in [0.4, 0.5) is 9.59 Å². The molecule has 8 nitrogen and oxygen atoms in total. The van der Waals surface area contributed by atoms with E-state index in [1.807, 2.05) is 12.9 Å². The maximum absolute atomic E-state index is 9.00. The summed E-state index contributed by atoms with van der Waals surface area (Å²) in [5, 5.41) is 8.63. The molecule has 0 heterocycles. The summed E-state index contributed by atoms with van der Waals surface area (Å²) in [5.74, 6) is 0.322. The van der Waals surface area contributed by atoms with Crippen LogP contribution in [0.25, 0.3) is 0 Å². The molecule has 4 amide bonds. The Morgan fingerprint density at radius 2 is 1.12 bits per heavy atom. The number of hydrogen-bond donors (Lipinski definition) is 5. The molecule has 1 rings (SSSR count). The summed E-state index contributed by atoms with van der Waals surface area (Å²) < 4.78 is 0. The number of benzene rings is 1. The number of urea groups is 2. The number of phenolic OH excluding ortho intramolecular Hbond substituents is 1. The third kappa shape index (κ3) is 61.0. The van der Waals surface area contributed by atoms with Gasteiger partial charge in [0.25, 0.3) is 0 Å². The predicted octanol–water partition coefficient (Wildman–Crippen LogP) is -0.745. The molecule has 0 saturated carbocycles. The summed E-state index contributed by atoms with van der Waals surface area (Å²) in [7, 11) is 0. The van der Waals surface area contributed by atoms with Gasteiger partial charge in [-0.15, -0.1) is 0 Å². The molecule has 0 aliphatic rings. The molecular weight excluding hydrogens is 228 g/mol. The van der Waals surface area contributed by atoms with Crippen LogP contribution in [-0.2, 0) is 4.79 Å². The first kappa shape index (κ1) is 19.7. The Kier molecular flexibility index (Phi) is 18.2. The molecule has 0 aliphatic carbocycles. The third-order valence-corrected chi connectivity index (χ3v) is 0.756. The second-order valence-corrected chi connectivity index (χ2v) is 2.14. The smallest absolute Gasteiger partial charge is 0.309 e. The maximum Gasteiger partial charge on any atom is 0.309 e. The van der Waals surface area contributed by atoms with Crippen molar-refractivity contribution in [1.29, 1.82) is 0 Å². The third-order valence-electron chi connectivity index (χ3n) is 0.756. The van der Waals surface area contributed by atoms with Crippen LogP contribution in [0.3, 0.4) is 0 Å². The predicted molar refractivity (Wildman–Crippen MR) is 62.8 cm³/mol. The van der Waals surface area contributed by atoms with E-state index in [-0.39, 0.29) is 0 Å². The van der Waals surface area contributed by atoms with Crippen LogP contribution >= 0.6 is 0 Å². The lowest BCUT2D eigenvalue weighted by Crippen LogP contribution is -2.18. The van der Waals surface area contributed by atoms with Crippen LogP contribution in [0, 0.1) is 0 Å². The molecule has 8 heteroatoms. The Labute approximate surface area is 98.2 Å². The molecule has 0 unspecified atom stereocenters. The zero-order valence-electron chi connectivity index (χ0n) is 9.08. The van der Waals surface area contributed by atoms with Crippen molar-refractivity contribution in [3.8, 4) is 5.75 Å². The average Bonchev–Trinajstić information content (AvgIpc) is 2.20. The number of carbonyl (C=O) groups is 3. The van der Waals surface area contributed by atoms with Gasteiger partial charge in [-0.3, -0.25) is 0 Å². The number of carbonyl (C=O) groups excluding carboxylic acids is 3. The van der Waals surface area contributed by atoms with Crippen LogP contribution < -0.4 is 22.9 Å². The van der Waals surface area contributed by atoms with E-state index in [4.69, 9.17) is 19.5 Å². The number of primary amides is 4. The minimum absolute atomic E-state index is 0.322. The van der Waals surface area contributed by atoms with Crippen molar-refractivity contribution < 1.29 is 19.5 Å². The summed E-state index contributed by atoms with van der Waals surface area (Å²) in [6, 6.07) is 7.05. The Morgan fingerprint density at radius 3 is 1.24 bits per heavy atom. The monoisotopic (exact) mass is 244 g/mol. The van der Waals surface area contributed by atoms with E-state index in [0.29, 0.717) is 5.75 Å². The first-order valence-electron chi connectivity index (χ1n) is 3.99. The summed E-state index contributed by atoms with van der Waals surface area (Å²) in [4.78, 5) is 26.0. The van der Waals surface area contributed by atoms with Crippen molar-refractivity contribution in [2.75, 3.05) is 0 Å². The number of hydrogen-bond acceptors (Lipinski definition) is 4. The van der Waals surface area contributed by atoms with Crippen molar-refractivity contribution >= 4 is 18.9 Å². The molecule has 0 atom stereocenters. The largest absolute Gasteiger partial charge is 0.508 e. The highest BCUT2D eigenvalue weighted by molar-refractivity contribution is 5.69. The summed E-state index contributed by atoms with van der Waals surface area (Å²) >= 11 is 0. The molecule has 9 N–H and O–H groups in total. The standard InChI is InChI=1S/C6H6O.2CH4N2O.CH2O/c7-6-4-2-1-3-5-6;2*2-1(3)4;1-2/h1-5,7H;2*(H4,2,3,4);1H2. The van der Waals surface area contributed by atoms with Gasteiger partial charge in [-0.1, -0.05) is 18.2 Å². The molecule has 1 aromatic carbocycles. The minimum Gasteiger partial charge on any atom is -0.508 e. The van der Waals surface area contributed by atoms with E-state index in [1.165, 1.54) is 0 Å². The van der Waals surface area contributed by atoms with Gasteiger partial charge >= 0.3 is 12.1 Å². The molecular formula is C9H16N4O4. The number of para-hydroxylation sites is 1. The first-order valence-corrected chi connectivity index (χ1v) is 3.99. The zero-order chi connectivity index (χ0) is 14.3. The van der Waals surface area contributed by atoms with Crippen LogP contribution in [0.2, 0.25) is 0 Å². The summed E-state index contributed by atoms with van der Waals surface area (Å²) in [6.07, 6.45) is 0. The SMILES string of the molecule is C=O.NC(N)=O.NC(N)=O.Oc1ccccc1. The number of amides is 4. The van der Waals surface area contributed by atoms with Gasteiger partial charge in [0.15, 0.2) is 0 Å². The Morgan fingerprint density at radius 1 is 0.882 bits per heavy atom. The second-order valence-electron chi connectivity index (χ2n) is 2.14. The van der Waals surface area contributed by atoms with Crippen molar-refractivity contribution in [3.63, 3.8) is 0 Å². The summed E-state index contributed by atoms with van der Waals surface area (Å²) in [5.41, 5.74) is 17.0. The highest BCUT2D eigenvalue weighted by Crippen LogP contribution is 2.02. The number of rotatable bonds is 0. The molecule has 0 aromatic heterocycles. The van der Waals surface area contributed by atoms with Gasteiger partial charge in [0, 0.05) is 0 Å². The Hall–Kier alpha value is -2.77. The van der Waals surface area contributed by atoms with Crippen molar-refractivity contribution in [3.05, 3.63) is 30.3 Å². The van der Waals surface area contributed by atoms with E-state index in [0.717, 1.165) is 0 Å². The van der Waals surface area contributed by atoms with Gasteiger partial charge in [-0.25, -0.2) is 9.59 Å². The molecule has 0 bridgehead atoms. The van der Waals surface area contributed by atoms with Crippen molar-refractivity contribution in [1.82, 2.24) is 0 Å². The highest BCUT2D eigenvalue weighted by Gasteiger charge is 1.74. The average molecular weight is 244 g/mol. The lowest BCUT2D eigenvalue weighted by atomic mass is 10.3. The van der Waals surface area contributed by atoms with E-state index in [9.17, 15) is 0 Å². The van der Waals surface area contributed by atoms with Gasteiger partial charge in [-0.05, 0) is 12.1 Å². The first-order chi connectivity index (χ1) is 7.86. The Bertz CT molecular complexity index is 285. The van der Waals surface area contributed by atoms with E-state index in [2.05, 4.69) is 22.9 Å². The second kappa shape index (κ2) is 15.7. The van der Waals surface area contributed by atoms with E-state index >= 15 is 0 Å². The highest BCUT2D eigenvalue weighted by atomic mass is 16.3. The molecule has 17 heavy (non-hydrogen) atoms. The van der Waals surface area contributed by atoms with E-state index < -0.39 is 12.1 Å². The fraction of sp³-hybridized carbons (Fsp3) is 0. The lowest BCUT2D eigenvalue weighted by Gasteiger charge is -1.82. The van der Waals surface area contributed by atoms with Gasteiger partial charge in [0.05, 0.1) is 0 Å². The number of aromatic hydroxyl groups is 1. The van der Waals surface area contributed by atoms with Crippen LogP contribution in [-0.4, -0.2) is 24.0 Å². The van der Waals surface area contributed by atoms with Crippen LogP contribution in [0.15, 0.2) is 30.3 Å². The number of phenols is 1. The molecule has 96 valence electrons. The van der Waals surface area contributed by atoms with Crippen molar-refractivity contribution in [2.45, 2.75) is 0 Å². The van der Waals surface area contributed by atoms with Crippen molar-refractivity contribution in [2.24, 2.45) is 22.9 Å². The minimum atomic E-state index is -0.833. The maximum atomic E-state index is 9.00. The molecule has 0 spiro atoms. The van der Waals surface area contributed by atoms with Gasteiger partial charge in [0.1, 0.15) is 12.5 Å². The molecule has 0 radical (unpaired) electrons. The molecule has 1 aromatic rings. The quantitative estimate of drug-likeness (QED) is 0.403. The van der Waals surface area contributed by atoms with Gasteiger partial charge < -0.3 is 32.8 Å². The van der Waals surface area contributed by atoms with Gasteiger partial charge in [-0.2, -0.15) is 0 Å². The molecule has 0 aliphatic heterocycles. The molecule has 0 saturated heterocycles. The topological polar surface area (TPSA) is 176 Å². The normalized spacial score (nSPS) is 6.59. The molecule has 0 fully saturated rings. The van der Waals surface area contributed by atoms with E-state index in [1.54, 1.807) is 24.3 Å².